The maximum atomic E-state index is 13.7. The highest BCUT2D eigenvalue weighted by atomic mass is 32.2. The first kappa shape index (κ1) is 20.8. The van der Waals surface area contributed by atoms with Crippen molar-refractivity contribution in [1.29, 1.82) is 0 Å². The maximum Gasteiger partial charge on any atom is 0.244 e. The van der Waals surface area contributed by atoms with Gasteiger partial charge in [0.2, 0.25) is 26.0 Å². The Bertz CT molecular complexity index is 1040. The van der Waals surface area contributed by atoms with Crippen molar-refractivity contribution in [2.45, 2.75) is 17.9 Å². The summed E-state index contributed by atoms with van der Waals surface area (Å²) >= 11 is 0. The molecule has 0 saturated heterocycles. The molecule has 2 aromatic carbocycles. The summed E-state index contributed by atoms with van der Waals surface area (Å²) in [6, 6.07) is 9.41. The van der Waals surface area contributed by atoms with E-state index >= 15 is 0 Å². The molecule has 0 aliphatic rings. The van der Waals surface area contributed by atoms with Gasteiger partial charge in [0, 0.05) is 11.4 Å². The van der Waals surface area contributed by atoms with Crippen molar-refractivity contribution in [2.75, 3.05) is 16.3 Å². The normalized spacial score (nSPS) is 13.0. The Morgan fingerprint density at radius 1 is 0.963 bits per heavy atom. The molecule has 0 spiro atoms. The molecule has 0 aromatic heterocycles. The van der Waals surface area contributed by atoms with Crippen molar-refractivity contribution < 1.29 is 26.0 Å². The zero-order valence-electron chi connectivity index (χ0n) is 14.4. The van der Waals surface area contributed by atoms with Crippen molar-refractivity contribution in [3.63, 3.8) is 0 Å². The Morgan fingerprint density at radius 3 is 2.07 bits per heavy atom. The van der Waals surface area contributed by atoms with Crippen LogP contribution in [-0.2, 0) is 24.8 Å². The average molecular weight is 415 g/mol. The van der Waals surface area contributed by atoms with Gasteiger partial charge in [0.1, 0.15) is 10.7 Å². The molecular weight excluding hydrogens is 397 g/mol. The molecule has 1 amide bonds. The molecule has 1 atom stereocenters. The van der Waals surface area contributed by atoms with Gasteiger partial charge in [-0.15, -0.1) is 0 Å². The quantitative estimate of drug-likeness (QED) is 0.633. The SMILES string of the molecule is C[C@H](NS(=O)(=O)c1ccccc1F)C(=O)Nc1ccc(NS(C)(=O)=O)cc1. The first-order valence-electron chi connectivity index (χ1n) is 7.63. The zero-order valence-corrected chi connectivity index (χ0v) is 16.1. The molecule has 3 N–H and O–H groups in total. The van der Waals surface area contributed by atoms with E-state index in [4.69, 9.17) is 0 Å². The van der Waals surface area contributed by atoms with Gasteiger partial charge in [-0.3, -0.25) is 9.52 Å². The molecule has 0 aliphatic heterocycles. The van der Waals surface area contributed by atoms with Crippen molar-refractivity contribution in [2.24, 2.45) is 0 Å². The van der Waals surface area contributed by atoms with Gasteiger partial charge in [-0.2, -0.15) is 4.72 Å². The lowest BCUT2D eigenvalue weighted by molar-refractivity contribution is -0.117. The van der Waals surface area contributed by atoms with Gasteiger partial charge in [-0.25, -0.2) is 21.2 Å². The summed E-state index contributed by atoms with van der Waals surface area (Å²) in [7, 11) is -7.64. The summed E-state index contributed by atoms with van der Waals surface area (Å²) in [6.45, 7) is 1.31. The Balaban J connectivity index is 2.04. The van der Waals surface area contributed by atoms with Gasteiger partial charge in [-0.05, 0) is 43.3 Å². The minimum Gasteiger partial charge on any atom is -0.325 e. The number of carbonyl (C=O) groups is 1. The van der Waals surface area contributed by atoms with Crippen LogP contribution in [0.2, 0.25) is 0 Å². The molecule has 11 heteroatoms. The van der Waals surface area contributed by atoms with E-state index in [0.717, 1.165) is 18.4 Å². The molecule has 0 heterocycles. The molecule has 2 aromatic rings. The van der Waals surface area contributed by atoms with Crippen LogP contribution in [0.4, 0.5) is 15.8 Å². The number of halogens is 1. The van der Waals surface area contributed by atoms with Crippen LogP contribution in [0.25, 0.3) is 0 Å². The van der Waals surface area contributed by atoms with Crippen LogP contribution in [0.3, 0.4) is 0 Å². The molecule has 0 fully saturated rings. The van der Waals surface area contributed by atoms with E-state index in [0.29, 0.717) is 11.4 Å². The second-order valence-electron chi connectivity index (χ2n) is 5.71. The van der Waals surface area contributed by atoms with Crippen LogP contribution in [0.1, 0.15) is 6.92 Å². The van der Waals surface area contributed by atoms with E-state index in [2.05, 4.69) is 14.8 Å². The Kier molecular flexibility index (Phi) is 6.19. The van der Waals surface area contributed by atoms with E-state index < -0.39 is 42.7 Å². The van der Waals surface area contributed by atoms with Crippen LogP contribution >= 0.6 is 0 Å². The number of benzene rings is 2. The molecule has 27 heavy (non-hydrogen) atoms. The standard InChI is InChI=1S/C16H18FN3O5S2/c1-11(19-27(24,25)15-6-4-3-5-14(15)17)16(21)18-12-7-9-13(10-8-12)20-26(2,22)23/h3-11,19-20H,1-2H3,(H,18,21)/t11-/m0/s1. The van der Waals surface area contributed by atoms with Crippen LogP contribution in [0.5, 0.6) is 0 Å². The van der Waals surface area contributed by atoms with Crippen LogP contribution < -0.4 is 14.8 Å². The number of rotatable bonds is 7. The highest BCUT2D eigenvalue weighted by Gasteiger charge is 2.24. The summed E-state index contributed by atoms with van der Waals surface area (Å²) in [5, 5.41) is 2.48. The van der Waals surface area contributed by atoms with E-state index in [9.17, 15) is 26.0 Å². The number of carbonyl (C=O) groups excluding carboxylic acids is 1. The number of hydrogen-bond acceptors (Lipinski definition) is 5. The fourth-order valence-electron chi connectivity index (χ4n) is 2.10. The van der Waals surface area contributed by atoms with Gasteiger partial charge < -0.3 is 5.32 Å². The fraction of sp³-hybridized carbons (Fsp3) is 0.188. The number of nitrogens with one attached hydrogen (secondary N) is 3. The van der Waals surface area contributed by atoms with Crippen molar-refractivity contribution in [3.05, 3.63) is 54.3 Å². The lowest BCUT2D eigenvalue weighted by Gasteiger charge is -2.15. The van der Waals surface area contributed by atoms with E-state index in [-0.39, 0.29) is 0 Å². The smallest absolute Gasteiger partial charge is 0.244 e. The number of anilines is 2. The predicted octanol–water partition coefficient (Wildman–Crippen LogP) is 1.50. The third-order valence-corrected chi connectivity index (χ3v) is 5.49. The molecule has 0 bridgehead atoms. The third kappa shape index (κ3) is 6.01. The minimum atomic E-state index is -4.22. The van der Waals surface area contributed by atoms with Gasteiger partial charge in [0.05, 0.1) is 12.3 Å². The molecule has 0 aliphatic carbocycles. The molecule has 0 unspecified atom stereocenters. The summed E-state index contributed by atoms with van der Waals surface area (Å²) in [5.41, 5.74) is 0.639. The van der Waals surface area contributed by atoms with Crippen molar-refractivity contribution >= 4 is 37.3 Å². The number of amides is 1. The monoisotopic (exact) mass is 415 g/mol. The van der Waals surface area contributed by atoms with E-state index in [1.54, 1.807) is 0 Å². The van der Waals surface area contributed by atoms with Crippen LogP contribution in [0.15, 0.2) is 53.4 Å². The molecule has 0 radical (unpaired) electrons. The highest BCUT2D eigenvalue weighted by Crippen LogP contribution is 2.16. The van der Waals surface area contributed by atoms with Gasteiger partial charge in [-0.1, -0.05) is 12.1 Å². The lowest BCUT2D eigenvalue weighted by atomic mass is 10.2. The molecular formula is C16H18FN3O5S2. The number of hydrogen-bond donors (Lipinski definition) is 3. The largest absolute Gasteiger partial charge is 0.325 e. The van der Waals surface area contributed by atoms with Crippen LogP contribution in [0, 0.1) is 5.82 Å². The Morgan fingerprint density at radius 2 is 1.52 bits per heavy atom. The Labute approximate surface area is 156 Å². The van der Waals surface area contributed by atoms with Crippen molar-refractivity contribution in [3.8, 4) is 0 Å². The zero-order chi connectivity index (χ0) is 20.2. The molecule has 146 valence electrons. The summed E-state index contributed by atoms with van der Waals surface area (Å²) in [6.07, 6.45) is 1.01. The second kappa shape index (κ2) is 8.03. The van der Waals surface area contributed by atoms with E-state index in [1.807, 2.05) is 0 Å². The molecule has 2 rings (SSSR count). The Hall–Kier alpha value is -2.50. The van der Waals surface area contributed by atoms with Gasteiger partial charge in [0.15, 0.2) is 0 Å². The van der Waals surface area contributed by atoms with E-state index in [1.165, 1.54) is 43.3 Å². The third-order valence-electron chi connectivity index (χ3n) is 3.31. The summed E-state index contributed by atoms with van der Waals surface area (Å²) < 4.78 is 64.8. The van der Waals surface area contributed by atoms with Crippen LogP contribution in [-0.4, -0.2) is 35.0 Å². The second-order valence-corrected chi connectivity index (χ2v) is 9.15. The minimum absolute atomic E-state index is 0.309. The first-order chi connectivity index (χ1) is 12.5. The predicted molar refractivity (Wildman–Crippen MR) is 99.7 cm³/mol. The molecule has 8 nitrogen and oxygen atoms in total. The highest BCUT2D eigenvalue weighted by molar-refractivity contribution is 7.92. The summed E-state index contributed by atoms with van der Waals surface area (Å²) in [5.74, 6) is -1.59. The maximum absolute atomic E-state index is 13.7. The lowest BCUT2D eigenvalue weighted by Crippen LogP contribution is -2.41. The average Bonchev–Trinajstić information content (AvgIpc) is 2.55. The fourth-order valence-corrected chi connectivity index (χ4v) is 3.94. The number of sulfonamides is 2. The first-order valence-corrected chi connectivity index (χ1v) is 11.0. The van der Waals surface area contributed by atoms with Crippen molar-refractivity contribution in [1.82, 2.24) is 4.72 Å². The van der Waals surface area contributed by atoms with Gasteiger partial charge >= 0.3 is 0 Å². The molecule has 0 saturated carbocycles. The topological polar surface area (TPSA) is 121 Å². The van der Waals surface area contributed by atoms with Gasteiger partial charge in [0.25, 0.3) is 0 Å². The summed E-state index contributed by atoms with van der Waals surface area (Å²) in [4.78, 5) is 11.6.